The molecule has 7 heteroatoms. The SMILES string of the molecule is Nc1ccc2nc(NCC3CCCS3(=O)=O)sc2c1. The maximum atomic E-state index is 11.7. The molecule has 0 bridgehead atoms. The minimum absolute atomic E-state index is 0.274. The maximum absolute atomic E-state index is 11.7. The van der Waals surface area contributed by atoms with Crippen molar-refractivity contribution >= 4 is 42.2 Å². The number of hydrogen-bond donors (Lipinski definition) is 2. The minimum Gasteiger partial charge on any atom is -0.399 e. The summed E-state index contributed by atoms with van der Waals surface area (Å²) in [5.74, 6) is 0.315. The van der Waals surface area contributed by atoms with Gasteiger partial charge >= 0.3 is 0 Å². The molecular weight excluding hydrogens is 282 g/mol. The van der Waals surface area contributed by atoms with Crippen LogP contribution < -0.4 is 11.1 Å². The lowest BCUT2D eigenvalue weighted by atomic mass is 10.2. The van der Waals surface area contributed by atoms with Gasteiger partial charge in [0.25, 0.3) is 0 Å². The highest BCUT2D eigenvalue weighted by atomic mass is 32.2. The molecule has 1 aliphatic heterocycles. The number of thiazole rings is 1. The standard InChI is InChI=1S/C12H15N3O2S2/c13-8-3-4-10-11(6-8)18-12(15-10)14-7-9-2-1-5-19(9,16)17/h3-4,6,9H,1-2,5,7,13H2,(H,14,15). The van der Waals surface area contributed by atoms with Gasteiger partial charge in [-0.05, 0) is 31.0 Å². The van der Waals surface area contributed by atoms with E-state index in [0.717, 1.165) is 28.2 Å². The molecule has 1 atom stereocenters. The zero-order chi connectivity index (χ0) is 13.5. The van der Waals surface area contributed by atoms with Crippen LogP contribution in [0.25, 0.3) is 10.2 Å². The number of fused-ring (bicyclic) bond motifs is 1. The maximum Gasteiger partial charge on any atom is 0.183 e. The number of nitrogen functional groups attached to an aromatic ring is 1. The van der Waals surface area contributed by atoms with E-state index in [1.54, 1.807) is 0 Å². The predicted molar refractivity (Wildman–Crippen MR) is 79.3 cm³/mol. The Balaban J connectivity index is 1.75. The van der Waals surface area contributed by atoms with Crippen molar-refractivity contribution in [2.45, 2.75) is 18.1 Å². The topological polar surface area (TPSA) is 85.1 Å². The van der Waals surface area contributed by atoms with Gasteiger partial charge in [0.1, 0.15) is 0 Å². The average Bonchev–Trinajstić information content (AvgIpc) is 2.88. The van der Waals surface area contributed by atoms with Crippen LogP contribution in [0.4, 0.5) is 10.8 Å². The van der Waals surface area contributed by atoms with Crippen molar-refractivity contribution in [3.63, 3.8) is 0 Å². The summed E-state index contributed by atoms with van der Waals surface area (Å²) < 4.78 is 24.5. The molecule has 1 aliphatic rings. The van der Waals surface area contributed by atoms with Gasteiger partial charge in [-0.2, -0.15) is 0 Å². The first-order valence-corrected chi connectivity index (χ1v) is 8.69. The van der Waals surface area contributed by atoms with Crippen molar-refractivity contribution in [2.24, 2.45) is 0 Å². The summed E-state index contributed by atoms with van der Waals surface area (Å²) in [7, 11) is -2.90. The summed E-state index contributed by atoms with van der Waals surface area (Å²) in [6.45, 7) is 0.442. The van der Waals surface area contributed by atoms with Crippen molar-refractivity contribution in [1.82, 2.24) is 4.98 Å². The van der Waals surface area contributed by atoms with Gasteiger partial charge in [-0.1, -0.05) is 11.3 Å². The Bertz CT molecular complexity index is 709. The fourth-order valence-corrected chi connectivity index (χ4v) is 4.99. The van der Waals surface area contributed by atoms with Crippen LogP contribution in [0.3, 0.4) is 0 Å². The first kappa shape index (κ1) is 12.7. The second kappa shape index (κ2) is 4.64. The van der Waals surface area contributed by atoms with Gasteiger partial charge in [0.05, 0.1) is 21.2 Å². The fourth-order valence-electron chi connectivity index (χ4n) is 2.31. The molecule has 0 saturated carbocycles. The monoisotopic (exact) mass is 297 g/mol. The third-order valence-electron chi connectivity index (χ3n) is 3.36. The van der Waals surface area contributed by atoms with Crippen LogP contribution in [0.15, 0.2) is 18.2 Å². The Kier molecular flexibility index (Phi) is 3.10. The number of benzene rings is 1. The highest BCUT2D eigenvalue weighted by Gasteiger charge is 2.30. The summed E-state index contributed by atoms with van der Waals surface area (Å²) in [5, 5.41) is 3.62. The van der Waals surface area contributed by atoms with Crippen molar-refractivity contribution in [1.29, 1.82) is 0 Å². The Labute approximate surface area is 115 Å². The molecule has 3 rings (SSSR count). The van der Waals surface area contributed by atoms with Crippen LogP contribution >= 0.6 is 11.3 Å². The van der Waals surface area contributed by atoms with Gasteiger partial charge in [0.15, 0.2) is 15.0 Å². The number of rotatable bonds is 3. The molecule has 1 aromatic carbocycles. The molecule has 3 N–H and O–H groups in total. The number of anilines is 2. The quantitative estimate of drug-likeness (QED) is 0.845. The summed E-state index contributed by atoms with van der Waals surface area (Å²) in [4.78, 5) is 4.42. The molecule has 1 saturated heterocycles. The molecular formula is C12H15N3O2S2. The molecule has 0 radical (unpaired) electrons. The van der Waals surface area contributed by atoms with Crippen LogP contribution in [0.1, 0.15) is 12.8 Å². The number of nitrogens with two attached hydrogens (primary N) is 1. The van der Waals surface area contributed by atoms with Crippen LogP contribution in [-0.2, 0) is 9.84 Å². The summed E-state index contributed by atoms with van der Waals surface area (Å²) in [5.41, 5.74) is 7.32. The summed E-state index contributed by atoms with van der Waals surface area (Å²) in [6.07, 6.45) is 1.51. The normalized spacial score (nSPS) is 21.8. The van der Waals surface area contributed by atoms with Crippen molar-refractivity contribution < 1.29 is 8.42 Å². The first-order chi connectivity index (χ1) is 9.04. The Hall–Kier alpha value is -1.34. The molecule has 5 nitrogen and oxygen atoms in total. The van der Waals surface area contributed by atoms with Gasteiger partial charge in [-0.3, -0.25) is 0 Å². The van der Waals surface area contributed by atoms with Gasteiger partial charge in [-0.25, -0.2) is 13.4 Å². The van der Waals surface area contributed by atoms with Gasteiger partial charge in [0, 0.05) is 12.2 Å². The van der Waals surface area contributed by atoms with E-state index in [1.807, 2.05) is 18.2 Å². The van der Waals surface area contributed by atoms with Crippen molar-refractivity contribution in [3.05, 3.63) is 18.2 Å². The number of sulfone groups is 1. The van der Waals surface area contributed by atoms with Crippen LogP contribution in [0.2, 0.25) is 0 Å². The smallest absolute Gasteiger partial charge is 0.183 e. The molecule has 1 unspecified atom stereocenters. The molecule has 0 spiro atoms. The summed E-state index contributed by atoms with van der Waals surface area (Å²) in [6, 6.07) is 5.57. The molecule has 1 aromatic heterocycles. The van der Waals surface area contributed by atoms with Gasteiger partial charge in [-0.15, -0.1) is 0 Å². The van der Waals surface area contributed by atoms with E-state index in [0.29, 0.717) is 18.0 Å². The lowest BCUT2D eigenvalue weighted by Gasteiger charge is -2.09. The van der Waals surface area contributed by atoms with Crippen molar-refractivity contribution in [2.75, 3.05) is 23.3 Å². The number of hydrogen-bond acceptors (Lipinski definition) is 6. The Morgan fingerprint density at radius 3 is 3.05 bits per heavy atom. The Morgan fingerprint density at radius 1 is 1.47 bits per heavy atom. The number of aromatic nitrogens is 1. The largest absolute Gasteiger partial charge is 0.399 e. The van der Waals surface area contributed by atoms with E-state index in [-0.39, 0.29) is 5.25 Å². The van der Waals surface area contributed by atoms with Crippen LogP contribution in [0.5, 0.6) is 0 Å². The zero-order valence-corrected chi connectivity index (χ0v) is 11.9. The lowest BCUT2D eigenvalue weighted by molar-refractivity contribution is 0.591. The molecule has 0 amide bonds. The lowest BCUT2D eigenvalue weighted by Crippen LogP contribution is -2.24. The molecule has 102 valence electrons. The van der Waals surface area contributed by atoms with E-state index in [9.17, 15) is 8.42 Å². The van der Waals surface area contributed by atoms with Crippen molar-refractivity contribution in [3.8, 4) is 0 Å². The minimum atomic E-state index is -2.90. The van der Waals surface area contributed by atoms with E-state index < -0.39 is 9.84 Å². The molecule has 2 aromatic rings. The van der Waals surface area contributed by atoms with E-state index in [2.05, 4.69) is 10.3 Å². The molecule has 1 fully saturated rings. The fraction of sp³-hybridized carbons (Fsp3) is 0.417. The second-order valence-electron chi connectivity index (χ2n) is 4.76. The average molecular weight is 297 g/mol. The third kappa shape index (κ3) is 2.52. The van der Waals surface area contributed by atoms with Gasteiger partial charge < -0.3 is 11.1 Å². The van der Waals surface area contributed by atoms with Crippen LogP contribution in [-0.4, -0.2) is 30.9 Å². The van der Waals surface area contributed by atoms with E-state index in [4.69, 9.17) is 5.73 Å². The van der Waals surface area contributed by atoms with E-state index >= 15 is 0 Å². The Morgan fingerprint density at radius 2 is 2.32 bits per heavy atom. The molecule has 2 heterocycles. The van der Waals surface area contributed by atoms with E-state index in [1.165, 1.54) is 11.3 Å². The second-order valence-corrected chi connectivity index (χ2v) is 8.19. The van der Waals surface area contributed by atoms with Crippen LogP contribution in [0, 0.1) is 0 Å². The highest BCUT2D eigenvalue weighted by molar-refractivity contribution is 7.92. The molecule has 0 aliphatic carbocycles. The zero-order valence-electron chi connectivity index (χ0n) is 10.3. The molecule has 19 heavy (non-hydrogen) atoms. The first-order valence-electron chi connectivity index (χ1n) is 6.16. The number of nitrogens with one attached hydrogen (secondary N) is 1. The predicted octanol–water partition coefficient (Wildman–Crippen LogP) is 1.87. The highest BCUT2D eigenvalue weighted by Crippen LogP contribution is 2.28. The third-order valence-corrected chi connectivity index (χ3v) is 6.61. The summed E-state index contributed by atoms with van der Waals surface area (Å²) >= 11 is 1.50. The number of nitrogens with zero attached hydrogens (tertiary/aromatic N) is 1. The van der Waals surface area contributed by atoms with Gasteiger partial charge in [0.2, 0.25) is 0 Å².